The van der Waals surface area contributed by atoms with Crippen LogP contribution in [0.5, 0.6) is 0 Å². The second kappa shape index (κ2) is 6.21. The molecule has 0 bridgehead atoms. The molecule has 0 heterocycles. The van der Waals surface area contributed by atoms with Gasteiger partial charge in [0.25, 0.3) is 0 Å². The summed E-state index contributed by atoms with van der Waals surface area (Å²) in [4.78, 5) is 0. The van der Waals surface area contributed by atoms with Gasteiger partial charge in [0.1, 0.15) is 0 Å². The molecule has 20 heavy (non-hydrogen) atoms. The van der Waals surface area contributed by atoms with Crippen molar-refractivity contribution in [1.29, 1.82) is 0 Å². The normalized spacial score (nSPS) is 10.4. The largest absolute Gasteiger partial charge is 0.0622 e. The van der Waals surface area contributed by atoms with Gasteiger partial charge in [-0.2, -0.15) is 0 Å². The first kappa shape index (κ1) is 12.7. The smallest absolute Gasteiger partial charge is 0.0199 e. The van der Waals surface area contributed by atoms with Crippen LogP contribution < -0.4 is 0 Å². The van der Waals surface area contributed by atoms with Gasteiger partial charge in [0.2, 0.25) is 0 Å². The van der Waals surface area contributed by atoms with E-state index in [1.807, 2.05) is 12.1 Å². The van der Waals surface area contributed by atoms with Gasteiger partial charge < -0.3 is 0 Å². The summed E-state index contributed by atoms with van der Waals surface area (Å²) in [5.41, 5.74) is 4.91. The average Bonchev–Trinajstić information content (AvgIpc) is 2.51. The average molecular weight is 256 g/mol. The van der Waals surface area contributed by atoms with Crippen LogP contribution in [0.2, 0.25) is 0 Å². The number of rotatable bonds is 4. The monoisotopic (exact) mass is 256 g/mol. The van der Waals surface area contributed by atoms with E-state index in [1.165, 1.54) is 22.3 Å². The van der Waals surface area contributed by atoms with Gasteiger partial charge in [-0.3, -0.25) is 0 Å². The summed E-state index contributed by atoms with van der Waals surface area (Å²) in [6.07, 6.45) is 4.37. The molecule has 0 spiro atoms. The lowest BCUT2D eigenvalue weighted by Gasteiger charge is -2.04. The maximum absolute atomic E-state index is 2.19. The van der Waals surface area contributed by atoms with Gasteiger partial charge in [-0.25, -0.2) is 0 Å². The first-order chi connectivity index (χ1) is 9.90. The van der Waals surface area contributed by atoms with Crippen molar-refractivity contribution in [3.05, 3.63) is 120 Å². The molecule has 0 aliphatic carbocycles. The van der Waals surface area contributed by atoms with Crippen molar-refractivity contribution in [3.63, 3.8) is 0 Å². The van der Waals surface area contributed by atoms with Crippen LogP contribution in [0.15, 0.2) is 84.9 Å². The van der Waals surface area contributed by atoms with Crippen molar-refractivity contribution in [2.75, 3.05) is 0 Å². The van der Waals surface area contributed by atoms with Crippen LogP contribution in [0.1, 0.15) is 22.3 Å². The molecule has 0 atom stereocenters. The highest BCUT2D eigenvalue weighted by Gasteiger charge is 1.99. The molecule has 96 valence electrons. The summed E-state index contributed by atoms with van der Waals surface area (Å²) in [6.45, 7) is 0. The van der Waals surface area contributed by atoms with E-state index in [9.17, 15) is 0 Å². The number of hydrogen-bond donors (Lipinski definition) is 0. The Morgan fingerprint density at radius 2 is 0.650 bits per heavy atom. The van der Waals surface area contributed by atoms with Gasteiger partial charge in [-0.05, 0) is 22.3 Å². The quantitative estimate of drug-likeness (QED) is 0.623. The predicted molar refractivity (Wildman–Crippen MR) is 84.3 cm³/mol. The first-order valence-electron chi connectivity index (χ1n) is 6.80. The van der Waals surface area contributed by atoms with Gasteiger partial charge in [0, 0.05) is 12.8 Å². The minimum atomic E-state index is 1.22. The zero-order valence-electron chi connectivity index (χ0n) is 11.2. The maximum Gasteiger partial charge on any atom is 0.0199 e. The summed E-state index contributed by atoms with van der Waals surface area (Å²) in [6, 6.07) is 29.4. The van der Waals surface area contributed by atoms with E-state index in [1.54, 1.807) is 0 Å². The molecule has 0 amide bonds. The SMILES string of the molecule is [CH](c1ccccc1)c1ccc([CH]c2ccccc2)cc1. The molecule has 3 aromatic carbocycles. The van der Waals surface area contributed by atoms with E-state index in [-0.39, 0.29) is 0 Å². The summed E-state index contributed by atoms with van der Waals surface area (Å²) in [7, 11) is 0. The van der Waals surface area contributed by atoms with Crippen molar-refractivity contribution in [2.45, 2.75) is 0 Å². The Kier molecular flexibility index (Phi) is 3.93. The minimum Gasteiger partial charge on any atom is -0.0622 e. The lowest BCUT2D eigenvalue weighted by molar-refractivity contribution is 1.38. The van der Waals surface area contributed by atoms with Crippen molar-refractivity contribution in [3.8, 4) is 0 Å². The molecule has 0 aromatic heterocycles. The van der Waals surface area contributed by atoms with Gasteiger partial charge in [-0.1, -0.05) is 84.9 Å². The molecule has 3 rings (SSSR count). The molecule has 0 saturated heterocycles. The third-order valence-corrected chi connectivity index (χ3v) is 3.20. The Hall–Kier alpha value is -2.34. The Bertz CT molecular complexity index is 576. The second-order valence-electron chi connectivity index (χ2n) is 4.78. The molecule has 0 saturated carbocycles. The van der Waals surface area contributed by atoms with Gasteiger partial charge in [0.05, 0.1) is 0 Å². The van der Waals surface area contributed by atoms with Crippen molar-refractivity contribution >= 4 is 0 Å². The molecular formula is C20H16. The molecule has 0 nitrogen and oxygen atoms in total. The highest BCUT2D eigenvalue weighted by Crippen LogP contribution is 2.16. The molecular weight excluding hydrogens is 240 g/mol. The van der Waals surface area contributed by atoms with Crippen molar-refractivity contribution in [1.82, 2.24) is 0 Å². The van der Waals surface area contributed by atoms with Gasteiger partial charge in [0.15, 0.2) is 0 Å². The highest BCUT2D eigenvalue weighted by atomic mass is 14.0. The Morgan fingerprint density at radius 1 is 0.350 bits per heavy atom. The zero-order valence-corrected chi connectivity index (χ0v) is 11.2. The fraction of sp³-hybridized carbons (Fsp3) is 0. The van der Waals surface area contributed by atoms with Crippen LogP contribution in [-0.2, 0) is 0 Å². The van der Waals surface area contributed by atoms with E-state index in [0.717, 1.165) is 0 Å². The summed E-state index contributed by atoms with van der Waals surface area (Å²) in [5, 5.41) is 0. The molecule has 0 heteroatoms. The second-order valence-corrected chi connectivity index (χ2v) is 4.78. The van der Waals surface area contributed by atoms with E-state index in [0.29, 0.717) is 0 Å². The zero-order chi connectivity index (χ0) is 13.6. The fourth-order valence-electron chi connectivity index (χ4n) is 2.17. The lowest BCUT2D eigenvalue weighted by atomic mass is 10.0. The Labute approximate surface area is 120 Å². The molecule has 2 radical (unpaired) electrons. The molecule has 0 unspecified atom stereocenters. The van der Waals surface area contributed by atoms with Crippen LogP contribution in [0, 0.1) is 12.8 Å². The standard InChI is InChI=1S/C20H16/c1-3-7-17(8-4-1)15-19-11-13-20(14-12-19)16-18-9-5-2-6-10-18/h1-16H. The summed E-state index contributed by atoms with van der Waals surface area (Å²) >= 11 is 0. The maximum atomic E-state index is 2.19. The van der Waals surface area contributed by atoms with Crippen LogP contribution in [0.3, 0.4) is 0 Å². The molecule has 0 aliphatic rings. The van der Waals surface area contributed by atoms with E-state index < -0.39 is 0 Å². The minimum absolute atomic E-state index is 1.22. The van der Waals surface area contributed by atoms with Crippen LogP contribution in [-0.4, -0.2) is 0 Å². The van der Waals surface area contributed by atoms with E-state index in [4.69, 9.17) is 0 Å². The van der Waals surface area contributed by atoms with Crippen LogP contribution in [0.4, 0.5) is 0 Å². The number of hydrogen-bond acceptors (Lipinski definition) is 0. The number of benzene rings is 3. The Morgan fingerprint density at radius 3 is 1.00 bits per heavy atom. The fourth-order valence-corrected chi connectivity index (χ4v) is 2.17. The third-order valence-electron chi connectivity index (χ3n) is 3.20. The molecule has 3 aromatic rings. The predicted octanol–water partition coefficient (Wildman–Crippen LogP) is 4.89. The highest BCUT2D eigenvalue weighted by molar-refractivity contribution is 5.42. The summed E-state index contributed by atoms with van der Waals surface area (Å²) < 4.78 is 0. The topological polar surface area (TPSA) is 0 Å². The molecule has 0 fully saturated rings. The van der Waals surface area contributed by atoms with Crippen LogP contribution >= 0.6 is 0 Å². The van der Waals surface area contributed by atoms with Crippen molar-refractivity contribution < 1.29 is 0 Å². The third kappa shape index (κ3) is 3.36. The van der Waals surface area contributed by atoms with E-state index in [2.05, 4.69) is 85.6 Å². The first-order valence-corrected chi connectivity index (χ1v) is 6.80. The van der Waals surface area contributed by atoms with Gasteiger partial charge in [-0.15, -0.1) is 0 Å². The van der Waals surface area contributed by atoms with E-state index >= 15 is 0 Å². The lowest BCUT2D eigenvalue weighted by Crippen LogP contribution is -1.88. The Balaban J connectivity index is 1.69. The van der Waals surface area contributed by atoms with Crippen LogP contribution in [0.25, 0.3) is 0 Å². The van der Waals surface area contributed by atoms with Crippen molar-refractivity contribution in [2.24, 2.45) is 0 Å². The van der Waals surface area contributed by atoms with Gasteiger partial charge >= 0.3 is 0 Å². The molecule has 0 aliphatic heterocycles. The summed E-state index contributed by atoms with van der Waals surface area (Å²) in [5.74, 6) is 0. The molecule has 0 N–H and O–H groups in total.